The zero-order valence-electron chi connectivity index (χ0n) is 9.14. The van der Waals surface area contributed by atoms with Crippen molar-refractivity contribution in [2.45, 2.75) is 26.9 Å². The Morgan fingerprint density at radius 1 is 1.27 bits per heavy atom. The average Bonchev–Trinajstić information content (AvgIpc) is 2.19. The van der Waals surface area contributed by atoms with Crippen molar-refractivity contribution in [3.8, 4) is 5.75 Å². The van der Waals surface area contributed by atoms with Crippen molar-refractivity contribution in [1.82, 2.24) is 4.98 Å². The lowest BCUT2D eigenvalue weighted by Crippen LogP contribution is -2.08. The highest BCUT2D eigenvalue weighted by Crippen LogP contribution is 2.29. The number of methoxy groups -OCH3 is 1. The molecule has 0 spiro atoms. The molecule has 0 aliphatic carbocycles. The molecule has 0 aromatic carbocycles. The van der Waals surface area contributed by atoms with Gasteiger partial charge in [0.1, 0.15) is 11.4 Å². The van der Waals surface area contributed by atoms with E-state index in [4.69, 9.17) is 4.74 Å². The van der Waals surface area contributed by atoms with Crippen LogP contribution in [0.2, 0.25) is 0 Å². The van der Waals surface area contributed by atoms with Crippen molar-refractivity contribution in [3.63, 3.8) is 0 Å². The molecule has 1 rings (SSSR count). The monoisotopic (exact) mass is 221 g/mol. The zero-order chi connectivity index (χ0) is 12.1. The molecular weight excluding hydrogens is 207 g/mol. The number of halogens is 3. The number of pyridine rings is 1. The largest absolute Gasteiger partial charge is 0.495 e. The van der Waals surface area contributed by atoms with Gasteiger partial charge < -0.3 is 4.74 Å². The molecule has 0 atom stereocenters. The SMILES string of the molecule is CC.COc1cnc(C(F)(F)F)cc1C. The van der Waals surface area contributed by atoms with Crippen molar-refractivity contribution >= 4 is 0 Å². The number of nitrogens with zero attached hydrogens (tertiary/aromatic N) is 1. The number of aromatic nitrogens is 1. The second-order valence-electron chi connectivity index (χ2n) is 2.54. The normalized spacial score (nSPS) is 10.3. The van der Waals surface area contributed by atoms with Crippen LogP contribution in [-0.2, 0) is 6.18 Å². The maximum Gasteiger partial charge on any atom is 0.433 e. The van der Waals surface area contributed by atoms with Gasteiger partial charge in [-0.05, 0) is 18.6 Å². The van der Waals surface area contributed by atoms with E-state index in [1.54, 1.807) is 0 Å². The van der Waals surface area contributed by atoms with Gasteiger partial charge in [0.2, 0.25) is 0 Å². The fourth-order valence-electron chi connectivity index (χ4n) is 0.912. The summed E-state index contributed by atoms with van der Waals surface area (Å²) in [5.74, 6) is 0.355. The predicted octanol–water partition coefficient (Wildman–Crippen LogP) is 3.44. The summed E-state index contributed by atoms with van der Waals surface area (Å²) in [6.07, 6.45) is -3.32. The maximum atomic E-state index is 12.1. The predicted molar refractivity (Wildman–Crippen MR) is 51.9 cm³/mol. The molecule has 0 radical (unpaired) electrons. The third kappa shape index (κ3) is 3.77. The molecule has 2 nitrogen and oxygen atoms in total. The molecule has 0 N–H and O–H groups in total. The van der Waals surface area contributed by atoms with Gasteiger partial charge in [-0.25, -0.2) is 4.98 Å². The van der Waals surface area contributed by atoms with E-state index in [0.717, 1.165) is 12.3 Å². The molecule has 1 aromatic heterocycles. The van der Waals surface area contributed by atoms with Crippen molar-refractivity contribution < 1.29 is 17.9 Å². The lowest BCUT2D eigenvalue weighted by Gasteiger charge is -2.08. The minimum absolute atomic E-state index is 0.355. The first-order valence-electron chi connectivity index (χ1n) is 4.53. The molecule has 5 heteroatoms. The van der Waals surface area contributed by atoms with E-state index in [1.807, 2.05) is 13.8 Å². The fraction of sp³-hybridized carbons (Fsp3) is 0.500. The first-order chi connectivity index (χ1) is 6.95. The van der Waals surface area contributed by atoms with Crippen LogP contribution in [-0.4, -0.2) is 12.1 Å². The van der Waals surface area contributed by atoms with Crippen molar-refractivity contribution in [1.29, 1.82) is 0 Å². The number of hydrogen-bond acceptors (Lipinski definition) is 2. The second-order valence-corrected chi connectivity index (χ2v) is 2.54. The summed E-state index contributed by atoms with van der Waals surface area (Å²) >= 11 is 0. The molecule has 0 aliphatic rings. The van der Waals surface area contributed by atoms with E-state index in [-0.39, 0.29) is 0 Å². The van der Waals surface area contributed by atoms with Gasteiger partial charge in [-0.1, -0.05) is 13.8 Å². The van der Waals surface area contributed by atoms with Crippen LogP contribution in [0.15, 0.2) is 12.3 Å². The van der Waals surface area contributed by atoms with Crippen molar-refractivity contribution in [3.05, 3.63) is 23.5 Å². The Bertz CT molecular complexity index is 310. The van der Waals surface area contributed by atoms with Gasteiger partial charge in [0, 0.05) is 0 Å². The Morgan fingerprint density at radius 2 is 1.80 bits per heavy atom. The number of ether oxygens (including phenoxy) is 1. The number of alkyl halides is 3. The van der Waals surface area contributed by atoms with Crippen molar-refractivity contribution in [2.24, 2.45) is 0 Å². The molecule has 0 amide bonds. The van der Waals surface area contributed by atoms with Crippen LogP contribution >= 0.6 is 0 Å². The van der Waals surface area contributed by atoms with Crippen LogP contribution < -0.4 is 4.74 Å². The topological polar surface area (TPSA) is 22.1 Å². The van der Waals surface area contributed by atoms with E-state index in [2.05, 4.69) is 4.98 Å². The van der Waals surface area contributed by atoms with Crippen molar-refractivity contribution in [2.75, 3.05) is 7.11 Å². The minimum atomic E-state index is -4.39. The summed E-state index contributed by atoms with van der Waals surface area (Å²) in [4.78, 5) is 3.23. The summed E-state index contributed by atoms with van der Waals surface area (Å²) in [5.41, 5.74) is -0.476. The van der Waals surface area contributed by atoms with Crippen LogP contribution in [0.1, 0.15) is 25.1 Å². The van der Waals surface area contributed by atoms with Crippen LogP contribution in [0.4, 0.5) is 13.2 Å². The Balaban J connectivity index is 0.000000921. The molecular formula is C10H14F3NO. The first-order valence-corrected chi connectivity index (χ1v) is 4.53. The van der Waals surface area contributed by atoms with Gasteiger partial charge in [0.05, 0.1) is 13.3 Å². The molecule has 0 saturated heterocycles. The quantitative estimate of drug-likeness (QED) is 0.724. The van der Waals surface area contributed by atoms with Gasteiger partial charge in [0.15, 0.2) is 0 Å². The smallest absolute Gasteiger partial charge is 0.433 e. The van der Waals surface area contributed by atoms with Gasteiger partial charge in [-0.3, -0.25) is 0 Å². The summed E-state index contributed by atoms with van der Waals surface area (Å²) in [5, 5.41) is 0. The second kappa shape index (κ2) is 5.58. The summed E-state index contributed by atoms with van der Waals surface area (Å²) in [6.45, 7) is 5.54. The van der Waals surface area contributed by atoms with Gasteiger partial charge >= 0.3 is 6.18 Å². The van der Waals surface area contributed by atoms with Crippen LogP contribution in [0.25, 0.3) is 0 Å². The Morgan fingerprint density at radius 3 is 2.13 bits per heavy atom. The molecule has 0 bridgehead atoms. The highest BCUT2D eigenvalue weighted by Gasteiger charge is 2.32. The molecule has 0 fully saturated rings. The third-order valence-corrected chi connectivity index (χ3v) is 1.57. The zero-order valence-corrected chi connectivity index (χ0v) is 9.14. The molecule has 1 aromatic rings. The Hall–Kier alpha value is -1.26. The lowest BCUT2D eigenvalue weighted by molar-refractivity contribution is -0.141. The standard InChI is InChI=1S/C8H8F3NO.C2H6/c1-5-3-7(8(9,10)11)12-4-6(5)13-2;1-2/h3-4H,1-2H3;1-2H3. The van der Waals surface area contributed by atoms with E-state index >= 15 is 0 Å². The fourth-order valence-corrected chi connectivity index (χ4v) is 0.912. The summed E-state index contributed by atoms with van der Waals surface area (Å²) < 4.78 is 41.1. The Kier molecular flexibility index (Phi) is 5.11. The number of hydrogen-bond donors (Lipinski definition) is 0. The molecule has 0 unspecified atom stereocenters. The van der Waals surface area contributed by atoms with Crippen LogP contribution in [0, 0.1) is 6.92 Å². The summed E-state index contributed by atoms with van der Waals surface area (Å²) in [7, 11) is 1.39. The highest BCUT2D eigenvalue weighted by atomic mass is 19.4. The maximum absolute atomic E-state index is 12.1. The minimum Gasteiger partial charge on any atom is -0.495 e. The molecule has 86 valence electrons. The highest BCUT2D eigenvalue weighted by molar-refractivity contribution is 5.31. The number of aryl methyl sites for hydroxylation is 1. The Labute approximate surface area is 87.1 Å². The molecule has 15 heavy (non-hydrogen) atoms. The van der Waals surface area contributed by atoms with E-state index < -0.39 is 11.9 Å². The van der Waals surface area contributed by atoms with Gasteiger partial charge in [-0.15, -0.1) is 0 Å². The van der Waals surface area contributed by atoms with E-state index in [0.29, 0.717) is 11.3 Å². The average molecular weight is 221 g/mol. The van der Waals surface area contributed by atoms with E-state index in [9.17, 15) is 13.2 Å². The van der Waals surface area contributed by atoms with Gasteiger partial charge in [-0.2, -0.15) is 13.2 Å². The van der Waals surface area contributed by atoms with E-state index in [1.165, 1.54) is 14.0 Å². The van der Waals surface area contributed by atoms with Crippen LogP contribution in [0.5, 0.6) is 5.75 Å². The first kappa shape index (κ1) is 13.7. The molecule has 0 saturated carbocycles. The lowest BCUT2D eigenvalue weighted by atomic mass is 10.2. The summed E-state index contributed by atoms with van der Waals surface area (Å²) in [6, 6.07) is 0.957. The number of rotatable bonds is 1. The third-order valence-electron chi connectivity index (χ3n) is 1.57. The molecule has 1 heterocycles. The van der Waals surface area contributed by atoms with Gasteiger partial charge in [0.25, 0.3) is 0 Å². The van der Waals surface area contributed by atoms with Crippen LogP contribution in [0.3, 0.4) is 0 Å². The molecule has 0 aliphatic heterocycles.